The summed E-state index contributed by atoms with van der Waals surface area (Å²) in [5.41, 5.74) is 1.39. The first kappa shape index (κ1) is 22.1. The fraction of sp³-hybridized carbons (Fsp3) is 0.480. The van der Waals surface area contributed by atoms with Crippen molar-refractivity contribution in [3.8, 4) is 5.69 Å². The minimum absolute atomic E-state index is 0.00620. The summed E-state index contributed by atoms with van der Waals surface area (Å²) in [6.45, 7) is 8.73. The highest BCUT2D eigenvalue weighted by molar-refractivity contribution is 5.94. The zero-order valence-corrected chi connectivity index (χ0v) is 19.2. The first-order chi connectivity index (χ1) is 15.2. The van der Waals surface area contributed by atoms with Crippen LogP contribution in [0.2, 0.25) is 0 Å². The molecule has 2 aliphatic heterocycles. The van der Waals surface area contributed by atoms with E-state index in [2.05, 4.69) is 0 Å². The van der Waals surface area contributed by atoms with E-state index in [9.17, 15) is 14.4 Å². The quantitative estimate of drug-likeness (QED) is 0.743. The van der Waals surface area contributed by atoms with Gasteiger partial charge >= 0.3 is 0 Å². The van der Waals surface area contributed by atoms with E-state index in [0.29, 0.717) is 38.3 Å². The van der Waals surface area contributed by atoms with Crippen molar-refractivity contribution >= 4 is 17.7 Å². The van der Waals surface area contributed by atoms with E-state index in [4.69, 9.17) is 0 Å². The van der Waals surface area contributed by atoms with Crippen LogP contribution in [0.5, 0.6) is 0 Å². The van der Waals surface area contributed by atoms with Crippen molar-refractivity contribution in [1.82, 2.24) is 19.3 Å². The van der Waals surface area contributed by atoms with Crippen LogP contribution in [0, 0.1) is 5.92 Å². The predicted molar refractivity (Wildman–Crippen MR) is 122 cm³/mol. The molecule has 4 rings (SSSR count). The Morgan fingerprint density at radius 2 is 1.53 bits per heavy atom. The van der Waals surface area contributed by atoms with Crippen molar-refractivity contribution < 1.29 is 14.4 Å². The Morgan fingerprint density at radius 1 is 0.906 bits per heavy atom. The molecule has 2 fully saturated rings. The smallest absolute Gasteiger partial charge is 0.253 e. The third-order valence-corrected chi connectivity index (χ3v) is 6.40. The van der Waals surface area contributed by atoms with Gasteiger partial charge in [-0.2, -0.15) is 0 Å². The summed E-state index contributed by atoms with van der Waals surface area (Å²) in [6, 6.07) is 11.5. The number of benzene rings is 1. The molecule has 2 saturated heterocycles. The Morgan fingerprint density at radius 3 is 2.16 bits per heavy atom. The summed E-state index contributed by atoms with van der Waals surface area (Å²) in [6.07, 6.45) is 4.96. The van der Waals surface area contributed by atoms with Crippen molar-refractivity contribution in [2.45, 2.75) is 39.2 Å². The van der Waals surface area contributed by atoms with Gasteiger partial charge in [0, 0.05) is 68.3 Å². The Balaban J connectivity index is 1.36. The summed E-state index contributed by atoms with van der Waals surface area (Å²) in [5.74, 6) is -0.208. The van der Waals surface area contributed by atoms with E-state index in [-0.39, 0.29) is 35.6 Å². The molecule has 0 spiro atoms. The Hall–Kier alpha value is -3.09. The second kappa shape index (κ2) is 8.81. The molecule has 0 aliphatic carbocycles. The Kier molecular flexibility index (Phi) is 6.09. The van der Waals surface area contributed by atoms with Gasteiger partial charge in [0.15, 0.2) is 0 Å². The standard InChI is InChI=1S/C25H32N4O3/c1-25(2,3)29-18-20(17-22(29)30)24(32)28-14-6-13-27(15-16-28)23(31)19-7-9-21(10-8-19)26-11-4-5-12-26/h4-5,7-12,20H,6,13-18H2,1-3H3. The zero-order valence-electron chi connectivity index (χ0n) is 19.2. The highest BCUT2D eigenvalue weighted by Gasteiger charge is 2.41. The van der Waals surface area contributed by atoms with Crippen LogP contribution in [0.3, 0.4) is 0 Å². The first-order valence-electron chi connectivity index (χ1n) is 11.4. The number of rotatable bonds is 3. The van der Waals surface area contributed by atoms with E-state index in [0.717, 1.165) is 12.1 Å². The van der Waals surface area contributed by atoms with Crippen LogP contribution in [0.15, 0.2) is 48.8 Å². The van der Waals surface area contributed by atoms with Gasteiger partial charge in [-0.25, -0.2) is 0 Å². The number of amides is 3. The molecule has 170 valence electrons. The second-order valence-electron chi connectivity index (χ2n) is 9.68. The highest BCUT2D eigenvalue weighted by Crippen LogP contribution is 2.27. The molecule has 0 bridgehead atoms. The maximum absolute atomic E-state index is 13.1. The van der Waals surface area contributed by atoms with Gasteiger partial charge in [0.25, 0.3) is 5.91 Å². The molecule has 1 aromatic heterocycles. The van der Waals surface area contributed by atoms with Gasteiger partial charge in [-0.05, 0) is 63.6 Å². The number of aromatic nitrogens is 1. The van der Waals surface area contributed by atoms with Gasteiger partial charge < -0.3 is 19.3 Å². The fourth-order valence-electron chi connectivity index (χ4n) is 4.59. The van der Waals surface area contributed by atoms with Gasteiger partial charge in [0.05, 0.1) is 5.92 Å². The van der Waals surface area contributed by atoms with Gasteiger partial charge in [-0.15, -0.1) is 0 Å². The zero-order chi connectivity index (χ0) is 22.9. The van der Waals surface area contributed by atoms with Crippen molar-refractivity contribution in [1.29, 1.82) is 0 Å². The lowest BCUT2D eigenvalue weighted by molar-refractivity contribution is -0.135. The minimum Gasteiger partial charge on any atom is -0.341 e. The minimum atomic E-state index is -0.287. The molecule has 7 heteroatoms. The van der Waals surface area contributed by atoms with E-state index in [1.165, 1.54) is 0 Å². The van der Waals surface area contributed by atoms with E-state index in [1.807, 2.05) is 83.9 Å². The number of likely N-dealkylation sites (tertiary alicyclic amines) is 1. The molecule has 3 amide bonds. The number of carbonyl (C=O) groups excluding carboxylic acids is 3. The third-order valence-electron chi connectivity index (χ3n) is 6.40. The van der Waals surface area contributed by atoms with Crippen molar-refractivity contribution in [2.24, 2.45) is 5.92 Å². The molecule has 32 heavy (non-hydrogen) atoms. The molecular weight excluding hydrogens is 404 g/mol. The molecule has 1 aromatic carbocycles. The van der Waals surface area contributed by atoms with Crippen LogP contribution >= 0.6 is 0 Å². The van der Waals surface area contributed by atoms with Gasteiger partial charge in [-0.1, -0.05) is 0 Å². The van der Waals surface area contributed by atoms with E-state index >= 15 is 0 Å². The number of hydrogen-bond donors (Lipinski definition) is 0. The topological polar surface area (TPSA) is 65.9 Å². The summed E-state index contributed by atoms with van der Waals surface area (Å²) in [7, 11) is 0. The van der Waals surface area contributed by atoms with Crippen LogP contribution in [0.4, 0.5) is 0 Å². The van der Waals surface area contributed by atoms with Crippen LogP contribution < -0.4 is 0 Å². The lowest BCUT2D eigenvalue weighted by Crippen LogP contribution is -2.44. The van der Waals surface area contributed by atoms with Crippen LogP contribution in [-0.2, 0) is 9.59 Å². The van der Waals surface area contributed by atoms with Gasteiger partial charge in [0.2, 0.25) is 11.8 Å². The third kappa shape index (κ3) is 4.56. The molecule has 0 radical (unpaired) electrons. The van der Waals surface area contributed by atoms with Crippen LogP contribution in [-0.4, -0.2) is 75.3 Å². The summed E-state index contributed by atoms with van der Waals surface area (Å²) < 4.78 is 2.00. The number of hydrogen-bond acceptors (Lipinski definition) is 3. The molecule has 3 heterocycles. The maximum atomic E-state index is 13.1. The summed E-state index contributed by atoms with van der Waals surface area (Å²) in [5, 5.41) is 0. The molecule has 7 nitrogen and oxygen atoms in total. The van der Waals surface area contributed by atoms with Crippen molar-refractivity contribution in [3.05, 3.63) is 54.4 Å². The fourth-order valence-corrected chi connectivity index (χ4v) is 4.59. The highest BCUT2D eigenvalue weighted by atomic mass is 16.2. The molecule has 1 unspecified atom stereocenters. The lowest BCUT2D eigenvalue weighted by Gasteiger charge is -2.32. The van der Waals surface area contributed by atoms with Gasteiger partial charge in [0.1, 0.15) is 0 Å². The Bertz CT molecular complexity index is 976. The monoisotopic (exact) mass is 436 g/mol. The molecule has 2 aromatic rings. The van der Waals surface area contributed by atoms with Gasteiger partial charge in [-0.3, -0.25) is 14.4 Å². The summed E-state index contributed by atoms with van der Waals surface area (Å²) in [4.78, 5) is 44.0. The lowest BCUT2D eigenvalue weighted by atomic mass is 10.1. The van der Waals surface area contributed by atoms with E-state index < -0.39 is 0 Å². The SMILES string of the molecule is CC(C)(C)N1CC(C(=O)N2CCCN(C(=O)c3ccc(-n4cccc4)cc3)CC2)CC1=O. The molecule has 0 N–H and O–H groups in total. The largest absolute Gasteiger partial charge is 0.341 e. The average molecular weight is 437 g/mol. The predicted octanol–water partition coefficient (Wildman–Crippen LogP) is 2.80. The number of nitrogens with zero attached hydrogens (tertiary/aromatic N) is 4. The average Bonchev–Trinajstić information content (AvgIpc) is 3.37. The molecule has 2 aliphatic rings. The Labute approximate surface area is 189 Å². The molecule has 0 saturated carbocycles. The van der Waals surface area contributed by atoms with E-state index in [1.54, 1.807) is 4.90 Å². The second-order valence-corrected chi connectivity index (χ2v) is 9.68. The van der Waals surface area contributed by atoms with Crippen LogP contribution in [0.25, 0.3) is 5.69 Å². The normalized spacial score (nSPS) is 19.9. The summed E-state index contributed by atoms with van der Waals surface area (Å²) >= 11 is 0. The molecule has 1 atom stereocenters. The maximum Gasteiger partial charge on any atom is 0.253 e. The van der Waals surface area contributed by atoms with Crippen LogP contribution in [0.1, 0.15) is 44.0 Å². The first-order valence-corrected chi connectivity index (χ1v) is 11.4. The van der Waals surface area contributed by atoms with Crippen molar-refractivity contribution in [3.63, 3.8) is 0 Å². The number of carbonyl (C=O) groups is 3. The molecular formula is C25H32N4O3. The van der Waals surface area contributed by atoms with Crippen molar-refractivity contribution in [2.75, 3.05) is 32.7 Å².